The van der Waals surface area contributed by atoms with Crippen LogP contribution in [0.5, 0.6) is 5.75 Å². The number of likely N-dealkylation sites (tertiary alicyclic amines) is 1. The molecule has 2 aromatic heterocycles. The van der Waals surface area contributed by atoms with Gasteiger partial charge in [-0.1, -0.05) is 54.6 Å². The molecule has 0 aliphatic carbocycles. The molecule has 3 heterocycles. The number of aromatic amines is 2. The normalized spacial score (nSPS) is 14.7. The van der Waals surface area contributed by atoms with Crippen LogP contribution < -0.4 is 5.69 Å². The van der Waals surface area contributed by atoms with Gasteiger partial charge in [-0.2, -0.15) is 0 Å². The Hall–Kier alpha value is -4.26. The molecule has 0 spiro atoms. The molecular formula is C28H26N4O3. The molecule has 0 bridgehead atoms. The molecule has 6 rings (SSSR count). The summed E-state index contributed by atoms with van der Waals surface area (Å²) < 4.78 is 1.81. The second-order valence-electron chi connectivity index (χ2n) is 9.19. The van der Waals surface area contributed by atoms with Gasteiger partial charge < -0.3 is 20.0 Å². The van der Waals surface area contributed by atoms with E-state index in [1.807, 2.05) is 65.2 Å². The van der Waals surface area contributed by atoms with Crippen LogP contribution in [0.25, 0.3) is 21.9 Å². The predicted molar refractivity (Wildman–Crippen MR) is 136 cm³/mol. The smallest absolute Gasteiger partial charge is 0.326 e. The lowest BCUT2D eigenvalue weighted by atomic mass is 10.0. The van der Waals surface area contributed by atoms with E-state index in [2.05, 4.69) is 22.1 Å². The maximum atomic E-state index is 13.4. The number of nitrogens with zero attached hydrogens (tertiary/aromatic N) is 2. The standard InChI is InChI=1S/C28H26N4O3/c33-26-21-10-6-9-19(17-18-7-2-1-3-8-18)24(21)30-25(26)27(34)31-15-13-20(14-16-31)32-23-12-5-4-11-22(23)29-28(32)35/h1-12,20,30,33H,13-17H2,(H,29,35). The van der Waals surface area contributed by atoms with Crippen molar-refractivity contribution in [2.24, 2.45) is 0 Å². The molecule has 1 aliphatic rings. The minimum Gasteiger partial charge on any atom is -0.505 e. The number of rotatable bonds is 4. The lowest BCUT2D eigenvalue weighted by molar-refractivity contribution is 0.0687. The van der Waals surface area contributed by atoms with E-state index in [1.54, 1.807) is 4.90 Å². The number of para-hydroxylation sites is 3. The summed E-state index contributed by atoms with van der Waals surface area (Å²) in [7, 11) is 0. The zero-order valence-electron chi connectivity index (χ0n) is 19.2. The van der Waals surface area contributed by atoms with Gasteiger partial charge in [0.05, 0.1) is 16.6 Å². The number of benzene rings is 3. The number of hydrogen-bond donors (Lipinski definition) is 3. The highest BCUT2D eigenvalue weighted by atomic mass is 16.3. The van der Waals surface area contributed by atoms with Gasteiger partial charge in [-0.15, -0.1) is 0 Å². The molecule has 0 radical (unpaired) electrons. The molecular weight excluding hydrogens is 440 g/mol. The van der Waals surface area contributed by atoms with Gasteiger partial charge in [-0.25, -0.2) is 4.79 Å². The average molecular weight is 467 g/mol. The Bertz CT molecular complexity index is 1590. The second kappa shape index (κ2) is 8.51. The lowest BCUT2D eigenvalue weighted by Crippen LogP contribution is -2.40. The fourth-order valence-electron chi connectivity index (χ4n) is 5.30. The van der Waals surface area contributed by atoms with Crippen molar-refractivity contribution in [2.45, 2.75) is 25.3 Å². The first-order valence-electron chi connectivity index (χ1n) is 11.9. The van der Waals surface area contributed by atoms with Gasteiger partial charge in [0.1, 0.15) is 5.69 Å². The monoisotopic (exact) mass is 466 g/mol. The fraction of sp³-hybridized carbons (Fsp3) is 0.214. The van der Waals surface area contributed by atoms with Crippen LogP contribution in [0.15, 0.2) is 77.6 Å². The third kappa shape index (κ3) is 3.69. The Morgan fingerprint density at radius 2 is 1.66 bits per heavy atom. The number of hydrogen-bond acceptors (Lipinski definition) is 3. The summed E-state index contributed by atoms with van der Waals surface area (Å²) in [6.07, 6.45) is 2.05. The highest BCUT2D eigenvalue weighted by Gasteiger charge is 2.29. The number of H-pyrrole nitrogens is 2. The molecule has 1 amide bonds. The third-order valence-corrected chi connectivity index (χ3v) is 7.08. The van der Waals surface area contributed by atoms with Crippen molar-refractivity contribution in [3.63, 3.8) is 0 Å². The lowest BCUT2D eigenvalue weighted by Gasteiger charge is -2.32. The number of imidazole rings is 1. The quantitative estimate of drug-likeness (QED) is 0.362. The van der Waals surface area contributed by atoms with E-state index in [9.17, 15) is 14.7 Å². The number of piperidine rings is 1. The molecule has 35 heavy (non-hydrogen) atoms. The summed E-state index contributed by atoms with van der Waals surface area (Å²) in [5, 5.41) is 11.6. The molecule has 7 heteroatoms. The molecule has 5 aromatic rings. The Balaban J connectivity index is 1.24. The summed E-state index contributed by atoms with van der Waals surface area (Å²) >= 11 is 0. The van der Waals surface area contributed by atoms with Crippen molar-refractivity contribution < 1.29 is 9.90 Å². The van der Waals surface area contributed by atoms with Crippen LogP contribution in [0.1, 0.15) is 40.5 Å². The maximum absolute atomic E-state index is 13.4. The molecule has 1 saturated heterocycles. The van der Waals surface area contributed by atoms with E-state index in [-0.39, 0.29) is 29.1 Å². The number of nitrogens with one attached hydrogen (secondary N) is 2. The SMILES string of the molecule is O=C(c1[nH]c2c(Cc3ccccc3)cccc2c1O)N1CCC(n2c(=O)[nH]c3ccccc32)CC1. The number of carbonyl (C=O) groups is 1. The Kier molecular flexibility index (Phi) is 5.17. The van der Waals surface area contributed by atoms with Crippen LogP contribution in [0.4, 0.5) is 0 Å². The summed E-state index contributed by atoms with van der Waals surface area (Å²) in [4.78, 5) is 33.9. The topological polar surface area (TPSA) is 94.1 Å². The highest BCUT2D eigenvalue weighted by molar-refractivity contribution is 6.04. The zero-order chi connectivity index (χ0) is 23.9. The van der Waals surface area contributed by atoms with Crippen LogP contribution in [0.3, 0.4) is 0 Å². The van der Waals surface area contributed by atoms with Crippen molar-refractivity contribution in [3.8, 4) is 5.75 Å². The first kappa shape index (κ1) is 21.3. The third-order valence-electron chi connectivity index (χ3n) is 7.08. The number of fused-ring (bicyclic) bond motifs is 2. The van der Waals surface area contributed by atoms with Gasteiger partial charge in [0, 0.05) is 24.5 Å². The number of carbonyl (C=O) groups excluding carboxylic acids is 1. The van der Waals surface area contributed by atoms with Crippen molar-refractivity contribution in [2.75, 3.05) is 13.1 Å². The van der Waals surface area contributed by atoms with E-state index in [1.165, 1.54) is 0 Å². The van der Waals surface area contributed by atoms with Crippen molar-refractivity contribution in [3.05, 3.63) is 100 Å². The molecule has 176 valence electrons. The molecule has 0 unspecified atom stereocenters. The van der Waals surface area contributed by atoms with Crippen molar-refractivity contribution in [1.29, 1.82) is 0 Å². The second-order valence-corrected chi connectivity index (χ2v) is 9.19. The van der Waals surface area contributed by atoms with Gasteiger partial charge in [0.25, 0.3) is 5.91 Å². The first-order valence-corrected chi connectivity index (χ1v) is 11.9. The number of amides is 1. The molecule has 1 aliphatic heterocycles. The van der Waals surface area contributed by atoms with Crippen LogP contribution in [-0.2, 0) is 6.42 Å². The maximum Gasteiger partial charge on any atom is 0.326 e. The fourth-order valence-corrected chi connectivity index (χ4v) is 5.30. The van der Waals surface area contributed by atoms with Gasteiger partial charge in [-0.3, -0.25) is 9.36 Å². The highest BCUT2D eigenvalue weighted by Crippen LogP contribution is 2.34. The minimum absolute atomic E-state index is 0.00474. The first-order chi connectivity index (χ1) is 17.1. The zero-order valence-corrected chi connectivity index (χ0v) is 19.2. The van der Waals surface area contributed by atoms with E-state index in [0.717, 1.165) is 27.7 Å². The van der Waals surface area contributed by atoms with Crippen molar-refractivity contribution in [1.82, 2.24) is 19.4 Å². The largest absolute Gasteiger partial charge is 0.505 e. The summed E-state index contributed by atoms with van der Waals surface area (Å²) in [6, 6.07) is 23.6. The number of aromatic hydroxyl groups is 1. The van der Waals surface area contributed by atoms with Crippen LogP contribution in [0.2, 0.25) is 0 Å². The van der Waals surface area contributed by atoms with Gasteiger partial charge in [0.2, 0.25) is 0 Å². The molecule has 7 nitrogen and oxygen atoms in total. The molecule has 3 N–H and O–H groups in total. The van der Waals surface area contributed by atoms with Gasteiger partial charge in [0.15, 0.2) is 5.75 Å². The molecule has 3 aromatic carbocycles. The predicted octanol–water partition coefficient (Wildman–Crippen LogP) is 4.58. The molecule has 1 fully saturated rings. The van der Waals surface area contributed by atoms with E-state index in [0.29, 0.717) is 37.7 Å². The molecule has 0 atom stereocenters. The van der Waals surface area contributed by atoms with Gasteiger partial charge in [-0.05, 0) is 48.6 Å². The summed E-state index contributed by atoms with van der Waals surface area (Å²) in [5.41, 5.74) is 4.81. The van der Waals surface area contributed by atoms with Crippen molar-refractivity contribution >= 4 is 27.8 Å². The van der Waals surface area contributed by atoms with Crippen LogP contribution in [0, 0.1) is 0 Å². The summed E-state index contributed by atoms with van der Waals surface area (Å²) in [5.74, 6) is -0.219. The Morgan fingerprint density at radius 1 is 0.914 bits per heavy atom. The van der Waals surface area contributed by atoms with E-state index < -0.39 is 0 Å². The number of aromatic nitrogens is 3. The Labute approximate surface area is 201 Å². The molecule has 0 saturated carbocycles. The summed E-state index contributed by atoms with van der Waals surface area (Å²) in [6.45, 7) is 1.03. The Morgan fingerprint density at radius 3 is 2.46 bits per heavy atom. The van der Waals surface area contributed by atoms with Crippen LogP contribution in [-0.4, -0.2) is 43.5 Å². The van der Waals surface area contributed by atoms with Gasteiger partial charge >= 0.3 is 5.69 Å². The van der Waals surface area contributed by atoms with Crippen LogP contribution >= 0.6 is 0 Å². The minimum atomic E-state index is -0.214. The van der Waals surface area contributed by atoms with E-state index >= 15 is 0 Å². The average Bonchev–Trinajstić information content (AvgIpc) is 3.41. The van der Waals surface area contributed by atoms with E-state index in [4.69, 9.17) is 0 Å².